The number of halogens is 3. The Balaban J connectivity index is 2.02. The molecule has 0 bridgehead atoms. The van der Waals surface area contributed by atoms with Gasteiger partial charge in [0, 0.05) is 21.1 Å². The summed E-state index contributed by atoms with van der Waals surface area (Å²) in [7, 11) is 0. The lowest BCUT2D eigenvalue weighted by molar-refractivity contribution is 0.434. The van der Waals surface area contributed by atoms with Gasteiger partial charge in [0.1, 0.15) is 0 Å². The van der Waals surface area contributed by atoms with E-state index in [0.717, 1.165) is 28.9 Å². The van der Waals surface area contributed by atoms with Crippen LogP contribution in [-0.4, -0.2) is 5.75 Å². The van der Waals surface area contributed by atoms with Gasteiger partial charge in [0.25, 0.3) is 0 Å². The van der Waals surface area contributed by atoms with Crippen molar-refractivity contribution in [3.63, 3.8) is 0 Å². The Kier molecular flexibility index (Phi) is 4.26. The zero-order valence-corrected chi connectivity index (χ0v) is 12.6. The normalized spacial score (nSPS) is 15.8. The minimum Gasteiger partial charge on any atom is -0.271 e. The lowest BCUT2D eigenvalue weighted by Gasteiger charge is -2.16. The second-order valence-corrected chi connectivity index (χ2v) is 7.04. The lowest BCUT2D eigenvalue weighted by Crippen LogP contribution is -2.29. The Bertz CT molecular complexity index is 649. The summed E-state index contributed by atoms with van der Waals surface area (Å²) in [6.45, 7) is 0. The van der Waals surface area contributed by atoms with Crippen molar-refractivity contribution >= 4 is 23.1 Å². The summed E-state index contributed by atoms with van der Waals surface area (Å²) in [6.07, 6.45) is 0.974. The summed E-state index contributed by atoms with van der Waals surface area (Å²) < 4.78 is 40.4. The first-order valence-electron chi connectivity index (χ1n) is 6.40. The van der Waals surface area contributed by atoms with E-state index in [-0.39, 0.29) is 5.56 Å². The topological polar surface area (TPSA) is 38.0 Å². The Labute approximate surface area is 128 Å². The molecule has 112 valence electrons. The number of nitrogens with two attached hydrogens (primary N) is 1. The van der Waals surface area contributed by atoms with E-state index in [1.165, 1.54) is 16.5 Å². The van der Waals surface area contributed by atoms with Crippen molar-refractivity contribution in [1.29, 1.82) is 0 Å². The van der Waals surface area contributed by atoms with Gasteiger partial charge in [-0.3, -0.25) is 5.84 Å². The monoisotopic (exact) mass is 330 g/mol. The molecule has 1 aromatic carbocycles. The fourth-order valence-corrected chi connectivity index (χ4v) is 4.86. The van der Waals surface area contributed by atoms with Crippen LogP contribution in [-0.2, 0) is 12.2 Å². The van der Waals surface area contributed by atoms with Gasteiger partial charge >= 0.3 is 0 Å². The van der Waals surface area contributed by atoms with Crippen molar-refractivity contribution in [2.24, 2.45) is 5.84 Å². The number of hydrazine groups is 1. The second-order valence-electron chi connectivity index (χ2n) is 4.76. The van der Waals surface area contributed by atoms with Crippen molar-refractivity contribution in [1.82, 2.24) is 5.43 Å². The van der Waals surface area contributed by atoms with E-state index in [2.05, 4.69) is 5.43 Å². The van der Waals surface area contributed by atoms with Crippen molar-refractivity contribution in [3.05, 3.63) is 56.5 Å². The third kappa shape index (κ3) is 2.70. The molecule has 3 N–H and O–H groups in total. The molecule has 7 heteroatoms. The Morgan fingerprint density at radius 1 is 1.19 bits per heavy atom. The molecule has 1 unspecified atom stereocenters. The molecule has 0 amide bonds. The van der Waals surface area contributed by atoms with Gasteiger partial charge in [0.2, 0.25) is 0 Å². The highest BCUT2D eigenvalue weighted by Crippen LogP contribution is 2.37. The number of rotatable bonds is 3. The van der Waals surface area contributed by atoms with Crippen LogP contribution in [0.4, 0.5) is 13.2 Å². The molecule has 0 saturated carbocycles. The molecule has 1 aliphatic rings. The third-order valence-corrected chi connectivity index (χ3v) is 5.78. The largest absolute Gasteiger partial charge is 0.271 e. The molecule has 1 aromatic heterocycles. The minimum atomic E-state index is -1.47. The van der Waals surface area contributed by atoms with Gasteiger partial charge in [-0.2, -0.15) is 11.8 Å². The number of thiophene rings is 1. The van der Waals surface area contributed by atoms with Crippen LogP contribution < -0.4 is 11.3 Å². The van der Waals surface area contributed by atoms with E-state index in [9.17, 15) is 13.2 Å². The molecule has 21 heavy (non-hydrogen) atoms. The summed E-state index contributed by atoms with van der Waals surface area (Å²) >= 11 is 3.39. The maximum absolute atomic E-state index is 14.0. The van der Waals surface area contributed by atoms with E-state index in [1.807, 2.05) is 17.8 Å². The van der Waals surface area contributed by atoms with E-state index in [0.29, 0.717) is 0 Å². The standard InChI is InChI=1S/C14H13F3N2S2/c15-9-2-1-8(12(16)13(9)17)14(19-18)11-5-7-6-20-4-3-10(7)21-11/h1-2,5,14,19H,3-4,6,18H2. The molecule has 2 nitrogen and oxygen atoms in total. The fraction of sp³-hybridized carbons (Fsp3) is 0.286. The molecule has 0 radical (unpaired) electrons. The van der Waals surface area contributed by atoms with Gasteiger partial charge in [-0.1, -0.05) is 6.07 Å². The van der Waals surface area contributed by atoms with Crippen molar-refractivity contribution in [3.8, 4) is 0 Å². The average molecular weight is 330 g/mol. The predicted octanol–water partition coefficient (Wildman–Crippen LogP) is 3.51. The van der Waals surface area contributed by atoms with E-state index >= 15 is 0 Å². The van der Waals surface area contributed by atoms with Gasteiger partial charge in [-0.05, 0) is 29.9 Å². The molecule has 2 aromatic rings. The predicted molar refractivity (Wildman–Crippen MR) is 79.7 cm³/mol. The van der Waals surface area contributed by atoms with Crippen molar-refractivity contribution in [2.75, 3.05) is 5.75 Å². The number of benzene rings is 1. The van der Waals surface area contributed by atoms with Gasteiger partial charge < -0.3 is 0 Å². The van der Waals surface area contributed by atoms with Crippen LogP contribution in [0.2, 0.25) is 0 Å². The van der Waals surface area contributed by atoms with Crippen LogP contribution in [0.15, 0.2) is 18.2 Å². The Hall–Kier alpha value is -1.02. The van der Waals surface area contributed by atoms with Crippen LogP contribution in [0.25, 0.3) is 0 Å². The highest BCUT2D eigenvalue weighted by Gasteiger charge is 2.24. The average Bonchev–Trinajstić information content (AvgIpc) is 2.91. The van der Waals surface area contributed by atoms with Gasteiger partial charge in [0.05, 0.1) is 6.04 Å². The number of hydrogen-bond acceptors (Lipinski definition) is 4. The number of nitrogens with one attached hydrogen (secondary N) is 1. The van der Waals surface area contributed by atoms with E-state index in [4.69, 9.17) is 5.84 Å². The highest BCUT2D eigenvalue weighted by molar-refractivity contribution is 7.98. The van der Waals surface area contributed by atoms with Crippen molar-refractivity contribution < 1.29 is 13.2 Å². The molecular weight excluding hydrogens is 317 g/mol. The first-order valence-corrected chi connectivity index (χ1v) is 8.37. The smallest absolute Gasteiger partial charge is 0.194 e. The molecule has 0 spiro atoms. The maximum atomic E-state index is 14.0. The molecule has 0 saturated heterocycles. The van der Waals surface area contributed by atoms with Crippen molar-refractivity contribution in [2.45, 2.75) is 18.2 Å². The number of hydrogen-bond donors (Lipinski definition) is 2. The molecule has 1 atom stereocenters. The molecular formula is C14H13F3N2S2. The van der Waals surface area contributed by atoms with Crippen LogP contribution in [0.5, 0.6) is 0 Å². The summed E-state index contributed by atoms with van der Waals surface area (Å²) in [5.74, 6) is 3.64. The van der Waals surface area contributed by atoms with Gasteiger partial charge in [-0.25, -0.2) is 18.6 Å². The van der Waals surface area contributed by atoms with Gasteiger partial charge in [0.15, 0.2) is 17.5 Å². The summed E-state index contributed by atoms with van der Waals surface area (Å²) in [5.41, 5.74) is 3.74. The third-order valence-electron chi connectivity index (χ3n) is 3.47. The van der Waals surface area contributed by atoms with Crippen LogP contribution >= 0.6 is 23.1 Å². The number of thioether (sulfide) groups is 1. The second kappa shape index (κ2) is 6.00. The SMILES string of the molecule is NNC(c1cc2c(s1)CCSC2)c1ccc(F)c(F)c1F. The highest BCUT2D eigenvalue weighted by atomic mass is 32.2. The number of aryl methyl sites for hydroxylation is 1. The summed E-state index contributed by atoms with van der Waals surface area (Å²) in [5, 5.41) is 0. The quantitative estimate of drug-likeness (QED) is 0.514. The first kappa shape index (κ1) is 14.9. The molecule has 0 fully saturated rings. The zero-order valence-electron chi connectivity index (χ0n) is 11.0. The molecule has 1 aliphatic heterocycles. The van der Waals surface area contributed by atoms with E-state index < -0.39 is 23.5 Å². The number of fused-ring (bicyclic) bond motifs is 1. The fourth-order valence-electron chi connectivity index (χ4n) is 2.40. The first-order chi connectivity index (χ1) is 10.1. The Morgan fingerprint density at radius 2 is 2.00 bits per heavy atom. The van der Waals surface area contributed by atoms with Crippen LogP contribution in [0.3, 0.4) is 0 Å². The zero-order chi connectivity index (χ0) is 15.0. The maximum Gasteiger partial charge on any atom is 0.194 e. The minimum absolute atomic E-state index is 0.0163. The summed E-state index contributed by atoms with van der Waals surface area (Å²) in [4.78, 5) is 2.07. The Morgan fingerprint density at radius 3 is 2.71 bits per heavy atom. The van der Waals surface area contributed by atoms with Crippen LogP contribution in [0.1, 0.15) is 26.9 Å². The molecule has 3 rings (SSSR count). The van der Waals surface area contributed by atoms with Gasteiger partial charge in [-0.15, -0.1) is 11.3 Å². The van der Waals surface area contributed by atoms with Crippen LogP contribution in [0, 0.1) is 17.5 Å². The van der Waals surface area contributed by atoms with E-state index in [1.54, 1.807) is 11.3 Å². The lowest BCUT2D eigenvalue weighted by atomic mass is 10.0. The molecule has 0 aliphatic carbocycles. The summed E-state index contributed by atoms with van der Waals surface area (Å²) in [6, 6.07) is 3.44. The molecule has 2 heterocycles.